The summed E-state index contributed by atoms with van der Waals surface area (Å²) in [7, 11) is 0. The Labute approximate surface area is 334 Å². The van der Waals surface area contributed by atoms with Crippen LogP contribution in [0.2, 0.25) is 0 Å². The molecule has 0 amide bonds. The van der Waals surface area contributed by atoms with Gasteiger partial charge in [-0.05, 0) is 81.9 Å². The van der Waals surface area contributed by atoms with Crippen LogP contribution in [0.1, 0.15) is 22.3 Å². The maximum atomic E-state index is 6.63. The van der Waals surface area contributed by atoms with Crippen molar-refractivity contribution in [3.05, 3.63) is 229 Å². The van der Waals surface area contributed by atoms with Crippen LogP contribution < -0.4 is 0 Å². The van der Waals surface area contributed by atoms with Gasteiger partial charge < -0.3 is 13.6 Å². The predicted octanol–water partition coefficient (Wildman–Crippen LogP) is 14.1. The minimum atomic E-state index is -0.475. The molecule has 0 bridgehead atoms. The minimum Gasteiger partial charge on any atom is -0.454 e. The van der Waals surface area contributed by atoms with Crippen LogP contribution in [0.15, 0.2) is 211 Å². The van der Waals surface area contributed by atoms with E-state index in [1.807, 2.05) is 6.07 Å². The Kier molecular flexibility index (Phi) is 6.37. The average molecular weight is 739 g/mol. The first-order chi connectivity index (χ1) is 28.8. The van der Waals surface area contributed by atoms with E-state index < -0.39 is 5.41 Å². The molecular formula is C55H34N2O. The first-order valence-corrected chi connectivity index (χ1v) is 20.0. The molecule has 3 aromatic heterocycles. The quantitative estimate of drug-likeness (QED) is 0.176. The summed E-state index contributed by atoms with van der Waals surface area (Å²) in [5.41, 5.74) is 15.9. The van der Waals surface area contributed by atoms with Gasteiger partial charge in [-0.3, -0.25) is 0 Å². The Hall–Kier alpha value is -7.62. The molecule has 0 aliphatic heterocycles. The lowest BCUT2D eigenvalue weighted by Gasteiger charge is -2.34. The third-order valence-corrected chi connectivity index (χ3v) is 12.8. The van der Waals surface area contributed by atoms with Crippen LogP contribution in [0.5, 0.6) is 0 Å². The van der Waals surface area contributed by atoms with Crippen LogP contribution in [-0.4, -0.2) is 9.13 Å². The van der Waals surface area contributed by atoms with Gasteiger partial charge in [0.25, 0.3) is 0 Å². The summed E-state index contributed by atoms with van der Waals surface area (Å²) in [6, 6.07) is 75.5. The largest absolute Gasteiger partial charge is 0.454 e. The molecule has 0 radical (unpaired) electrons. The molecule has 3 heteroatoms. The number of aromatic nitrogens is 2. The molecule has 13 rings (SSSR count). The van der Waals surface area contributed by atoms with Crippen LogP contribution in [-0.2, 0) is 5.41 Å². The molecule has 0 atom stereocenters. The van der Waals surface area contributed by atoms with E-state index in [1.54, 1.807) is 0 Å². The lowest BCUT2D eigenvalue weighted by atomic mass is 9.67. The van der Waals surface area contributed by atoms with Gasteiger partial charge in [0.2, 0.25) is 0 Å². The molecule has 3 heterocycles. The van der Waals surface area contributed by atoms with Crippen molar-refractivity contribution < 1.29 is 4.42 Å². The molecule has 12 aromatic rings. The molecule has 3 nitrogen and oxygen atoms in total. The number of rotatable bonds is 4. The van der Waals surface area contributed by atoms with E-state index in [2.05, 4.69) is 209 Å². The summed E-state index contributed by atoms with van der Waals surface area (Å²) in [6.07, 6.45) is 0. The Morgan fingerprint density at radius 2 is 0.897 bits per heavy atom. The molecule has 270 valence electrons. The Balaban J connectivity index is 1.11. The van der Waals surface area contributed by atoms with Gasteiger partial charge in [0.15, 0.2) is 5.58 Å². The third kappa shape index (κ3) is 4.02. The van der Waals surface area contributed by atoms with Crippen molar-refractivity contribution in [3.8, 4) is 22.5 Å². The highest BCUT2D eigenvalue weighted by Crippen LogP contribution is 2.56. The average Bonchev–Trinajstić information content (AvgIpc) is 4.02. The summed E-state index contributed by atoms with van der Waals surface area (Å²) in [4.78, 5) is 0. The van der Waals surface area contributed by atoms with Crippen molar-refractivity contribution in [1.82, 2.24) is 9.13 Å². The first-order valence-electron chi connectivity index (χ1n) is 20.0. The van der Waals surface area contributed by atoms with Crippen molar-refractivity contribution in [1.29, 1.82) is 0 Å². The Morgan fingerprint density at radius 3 is 1.69 bits per heavy atom. The van der Waals surface area contributed by atoms with E-state index in [-0.39, 0.29) is 0 Å². The van der Waals surface area contributed by atoms with Crippen LogP contribution in [0, 0.1) is 0 Å². The molecule has 0 saturated heterocycles. The topological polar surface area (TPSA) is 23.0 Å². The van der Waals surface area contributed by atoms with Crippen molar-refractivity contribution in [2.75, 3.05) is 0 Å². The number of benzene rings is 9. The lowest BCUT2D eigenvalue weighted by molar-refractivity contribution is 0.666. The summed E-state index contributed by atoms with van der Waals surface area (Å²) >= 11 is 0. The zero-order chi connectivity index (χ0) is 38.0. The van der Waals surface area contributed by atoms with Gasteiger partial charge in [-0.25, -0.2) is 0 Å². The highest BCUT2D eigenvalue weighted by atomic mass is 16.3. The van der Waals surface area contributed by atoms with Gasteiger partial charge >= 0.3 is 0 Å². The standard InChI is InChI=1S/C55H34N2O/c1-2-16-35(17-3-1)55(44-24-9-4-18-37(44)38-19-5-10-25-45(38)55)36-32-33-48-43(34-36)39-20-6-11-26-46(39)56(48)49-28-15-29-50-53(49)42-22-7-12-27-47(42)57(50)51-30-14-23-41-40-21-8-13-31-52(40)58-54(41)51/h1-34H. The fraction of sp³-hybridized carbons (Fsp3) is 0.0182. The van der Waals surface area contributed by atoms with Crippen LogP contribution >= 0.6 is 0 Å². The number of furan rings is 1. The molecule has 58 heavy (non-hydrogen) atoms. The lowest BCUT2D eigenvalue weighted by Crippen LogP contribution is -2.28. The first kappa shape index (κ1) is 31.6. The van der Waals surface area contributed by atoms with Gasteiger partial charge in [0, 0.05) is 32.3 Å². The van der Waals surface area contributed by atoms with Crippen molar-refractivity contribution in [2.45, 2.75) is 5.41 Å². The van der Waals surface area contributed by atoms with Crippen LogP contribution in [0.25, 0.3) is 88.1 Å². The molecular weight excluding hydrogens is 705 g/mol. The molecule has 9 aromatic carbocycles. The van der Waals surface area contributed by atoms with E-state index in [1.165, 1.54) is 66.0 Å². The van der Waals surface area contributed by atoms with Gasteiger partial charge in [-0.2, -0.15) is 0 Å². The summed E-state index contributed by atoms with van der Waals surface area (Å²) in [5, 5.41) is 7.12. The maximum Gasteiger partial charge on any atom is 0.159 e. The predicted molar refractivity (Wildman–Crippen MR) is 240 cm³/mol. The summed E-state index contributed by atoms with van der Waals surface area (Å²) < 4.78 is 11.5. The maximum absolute atomic E-state index is 6.63. The molecule has 0 spiro atoms. The second kappa shape index (κ2) is 11.7. The van der Waals surface area contributed by atoms with Gasteiger partial charge in [-0.1, -0.05) is 158 Å². The number of hydrogen-bond donors (Lipinski definition) is 0. The normalized spacial score (nSPS) is 13.3. The highest BCUT2D eigenvalue weighted by molar-refractivity contribution is 6.18. The third-order valence-electron chi connectivity index (χ3n) is 12.8. The zero-order valence-corrected chi connectivity index (χ0v) is 31.4. The van der Waals surface area contributed by atoms with Crippen LogP contribution in [0.3, 0.4) is 0 Å². The Morgan fingerprint density at radius 1 is 0.345 bits per heavy atom. The number of fused-ring (bicyclic) bond motifs is 12. The van der Waals surface area contributed by atoms with E-state index in [0.29, 0.717) is 0 Å². The Bertz CT molecular complexity index is 3590. The molecule has 0 N–H and O–H groups in total. The molecule has 0 unspecified atom stereocenters. The van der Waals surface area contributed by atoms with Crippen molar-refractivity contribution in [2.24, 2.45) is 0 Å². The number of para-hydroxylation sites is 4. The summed E-state index contributed by atoms with van der Waals surface area (Å²) in [5.74, 6) is 0. The van der Waals surface area contributed by atoms with Gasteiger partial charge in [0.1, 0.15) is 5.58 Å². The SMILES string of the molecule is c1ccc(C2(c3ccc4c(c3)c3ccccc3n4-c3cccc4c3c3ccccc3n4-c3cccc4c3oc3ccccc34)c3ccccc3-c3ccccc32)cc1. The molecule has 0 saturated carbocycles. The molecule has 1 aliphatic rings. The molecule has 0 fully saturated rings. The number of nitrogens with zero attached hydrogens (tertiary/aromatic N) is 2. The van der Waals surface area contributed by atoms with E-state index >= 15 is 0 Å². The van der Waals surface area contributed by atoms with Gasteiger partial charge in [0.05, 0.1) is 38.9 Å². The van der Waals surface area contributed by atoms with Gasteiger partial charge in [-0.15, -0.1) is 0 Å². The summed E-state index contributed by atoms with van der Waals surface area (Å²) in [6.45, 7) is 0. The van der Waals surface area contributed by atoms with E-state index in [9.17, 15) is 0 Å². The zero-order valence-electron chi connectivity index (χ0n) is 31.4. The number of hydrogen-bond acceptors (Lipinski definition) is 1. The highest BCUT2D eigenvalue weighted by Gasteiger charge is 2.46. The minimum absolute atomic E-state index is 0.475. The second-order valence-electron chi connectivity index (χ2n) is 15.6. The van der Waals surface area contributed by atoms with Crippen molar-refractivity contribution in [3.63, 3.8) is 0 Å². The van der Waals surface area contributed by atoms with E-state index in [4.69, 9.17) is 4.42 Å². The smallest absolute Gasteiger partial charge is 0.159 e. The molecule has 1 aliphatic carbocycles. The van der Waals surface area contributed by atoms with Crippen molar-refractivity contribution >= 4 is 65.6 Å². The monoisotopic (exact) mass is 738 g/mol. The van der Waals surface area contributed by atoms with Crippen LogP contribution in [0.4, 0.5) is 0 Å². The fourth-order valence-electron chi connectivity index (χ4n) is 10.5. The fourth-order valence-corrected chi connectivity index (χ4v) is 10.5. The second-order valence-corrected chi connectivity index (χ2v) is 15.6. The van der Waals surface area contributed by atoms with E-state index in [0.717, 1.165) is 44.3 Å².